The number of aliphatic hydroxyl groups excluding tert-OH is 1. The number of benzene rings is 1. The molecule has 0 unspecified atom stereocenters. The lowest BCUT2D eigenvalue weighted by Crippen LogP contribution is -2.37. The summed E-state index contributed by atoms with van der Waals surface area (Å²) in [4.78, 5) is 10.3. The zero-order chi connectivity index (χ0) is 16.2. The largest absolute Gasteiger partial charge is 0.478 e. The number of aliphatic hydroxyl groups is 1. The van der Waals surface area contributed by atoms with Gasteiger partial charge in [-0.3, -0.25) is 0 Å². The van der Waals surface area contributed by atoms with Gasteiger partial charge in [-0.15, -0.1) is 0 Å². The third-order valence-corrected chi connectivity index (χ3v) is 4.83. The van der Waals surface area contributed by atoms with Gasteiger partial charge in [0.25, 0.3) is 6.43 Å². The average Bonchev–Trinajstić information content (AvgIpc) is 2.37. The standard InChI is InChI=1S/C11H12ClF2NO5S/c12-8-2-1-7(11(17)18)5-9(8)21(19,20)15(3-4-16)6-10(13)14/h1-2,5,10,16H,3-4,6H2,(H,17,18). The number of carboxylic acids is 1. The Morgan fingerprint density at radius 3 is 2.48 bits per heavy atom. The molecule has 0 radical (unpaired) electrons. The second-order valence-electron chi connectivity index (χ2n) is 3.93. The maximum atomic E-state index is 12.4. The highest BCUT2D eigenvalue weighted by molar-refractivity contribution is 7.89. The normalized spacial score (nSPS) is 12.1. The Hall–Kier alpha value is -1.29. The molecule has 0 saturated carbocycles. The molecule has 0 atom stereocenters. The molecule has 6 nitrogen and oxygen atoms in total. The molecule has 0 fully saturated rings. The molecule has 1 aromatic rings. The summed E-state index contributed by atoms with van der Waals surface area (Å²) in [5.74, 6) is -1.38. The summed E-state index contributed by atoms with van der Waals surface area (Å²) in [5.41, 5.74) is -0.348. The fraction of sp³-hybridized carbons (Fsp3) is 0.364. The Labute approximate surface area is 124 Å². The first-order chi connectivity index (χ1) is 9.70. The third-order valence-electron chi connectivity index (χ3n) is 2.49. The van der Waals surface area contributed by atoms with E-state index < -0.39 is 47.0 Å². The summed E-state index contributed by atoms with van der Waals surface area (Å²) in [6, 6.07) is 2.93. The van der Waals surface area contributed by atoms with Crippen LogP contribution in [0.3, 0.4) is 0 Å². The van der Waals surface area contributed by atoms with Gasteiger partial charge in [0.05, 0.1) is 23.7 Å². The molecular formula is C11H12ClF2NO5S. The number of sulfonamides is 1. The lowest BCUT2D eigenvalue weighted by molar-refractivity contribution is 0.0696. The minimum absolute atomic E-state index is 0.294. The number of hydrogen-bond donors (Lipinski definition) is 2. The van der Waals surface area contributed by atoms with Crippen molar-refractivity contribution in [3.63, 3.8) is 0 Å². The first kappa shape index (κ1) is 17.8. The smallest absolute Gasteiger partial charge is 0.335 e. The van der Waals surface area contributed by atoms with Crippen molar-refractivity contribution in [1.82, 2.24) is 4.31 Å². The highest BCUT2D eigenvalue weighted by Gasteiger charge is 2.29. The quantitative estimate of drug-likeness (QED) is 0.777. The Morgan fingerprint density at radius 1 is 1.38 bits per heavy atom. The van der Waals surface area contributed by atoms with Crippen LogP contribution in [0.5, 0.6) is 0 Å². The van der Waals surface area contributed by atoms with Crippen LogP contribution in [0.15, 0.2) is 23.1 Å². The van der Waals surface area contributed by atoms with Crippen LogP contribution in [0.2, 0.25) is 5.02 Å². The van der Waals surface area contributed by atoms with E-state index in [1.807, 2.05) is 0 Å². The van der Waals surface area contributed by atoms with Crippen molar-refractivity contribution < 1.29 is 32.2 Å². The molecule has 2 N–H and O–H groups in total. The lowest BCUT2D eigenvalue weighted by atomic mass is 10.2. The van der Waals surface area contributed by atoms with E-state index in [4.69, 9.17) is 21.8 Å². The number of carboxylic acid groups (broad SMARTS) is 1. The lowest BCUT2D eigenvalue weighted by Gasteiger charge is -2.21. The van der Waals surface area contributed by atoms with Crippen LogP contribution in [0.4, 0.5) is 8.78 Å². The number of aromatic carboxylic acids is 1. The van der Waals surface area contributed by atoms with Crippen LogP contribution in [-0.2, 0) is 10.0 Å². The maximum absolute atomic E-state index is 12.4. The molecule has 1 rings (SSSR count). The Bertz CT molecular complexity index is 623. The SMILES string of the molecule is O=C(O)c1ccc(Cl)c(S(=O)(=O)N(CCO)CC(F)F)c1. The van der Waals surface area contributed by atoms with Crippen LogP contribution >= 0.6 is 11.6 Å². The van der Waals surface area contributed by atoms with Crippen molar-refractivity contribution in [3.8, 4) is 0 Å². The number of carbonyl (C=O) groups is 1. The topological polar surface area (TPSA) is 94.9 Å². The second kappa shape index (κ2) is 7.12. The van der Waals surface area contributed by atoms with E-state index in [9.17, 15) is 22.0 Å². The maximum Gasteiger partial charge on any atom is 0.335 e. The summed E-state index contributed by atoms with van der Waals surface area (Å²) in [5, 5.41) is 17.3. The minimum atomic E-state index is -4.45. The first-order valence-electron chi connectivity index (χ1n) is 5.62. The van der Waals surface area contributed by atoms with E-state index >= 15 is 0 Å². The molecule has 0 spiro atoms. The molecule has 0 aliphatic heterocycles. The van der Waals surface area contributed by atoms with E-state index in [2.05, 4.69) is 0 Å². The van der Waals surface area contributed by atoms with Crippen LogP contribution in [-0.4, -0.2) is 55.0 Å². The van der Waals surface area contributed by atoms with Crippen molar-refractivity contribution in [2.75, 3.05) is 19.7 Å². The minimum Gasteiger partial charge on any atom is -0.478 e. The van der Waals surface area contributed by atoms with Gasteiger partial charge in [0, 0.05) is 6.54 Å². The fourth-order valence-corrected chi connectivity index (χ4v) is 3.46. The first-order valence-corrected chi connectivity index (χ1v) is 7.44. The predicted octanol–water partition coefficient (Wildman–Crippen LogP) is 1.29. The molecule has 0 aromatic heterocycles. The van der Waals surface area contributed by atoms with Gasteiger partial charge in [-0.2, -0.15) is 4.31 Å². The highest BCUT2D eigenvalue weighted by Crippen LogP contribution is 2.26. The highest BCUT2D eigenvalue weighted by atomic mass is 35.5. The van der Waals surface area contributed by atoms with Crippen LogP contribution in [0.25, 0.3) is 0 Å². The zero-order valence-corrected chi connectivity index (χ0v) is 12.1. The van der Waals surface area contributed by atoms with Gasteiger partial charge in [-0.25, -0.2) is 22.0 Å². The van der Waals surface area contributed by atoms with Crippen LogP contribution < -0.4 is 0 Å². The van der Waals surface area contributed by atoms with E-state index in [0.717, 1.165) is 18.2 Å². The Balaban J connectivity index is 3.33. The fourth-order valence-electron chi connectivity index (χ4n) is 1.55. The molecule has 0 bridgehead atoms. The van der Waals surface area contributed by atoms with Gasteiger partial charge in [0.15, 0.2) is 0 Å². The zero-order valence-electron chi connectivity index (χ0n) is 10.5. The van der Waals surface area contributed by atoms with Crippen LogP contribution in [0.1, 0.15) is 10.4 Å². The van der Waals surface area contributed by atoms with Crippen molar-refractivity contribution in [2.45, 2.75) is 11.3 Å². The van der Waals surface area contributed by atoms with Crippen LogP contribution in [0, 0.1) is 0 Å². The predicted molar refractivity (Wildman–Crippen MR) is 70.3 cm³/mol. The van der Waals surface area contributed by atoms with E-state index in [-0.39, 0.29) is 10.6 Å². The van der Waals surface area contributed by atoms with Crippen molar-refractivity contribution in [3.05, 3.63) is 28.8 Å². The molecule has 0 saturated heterocycles. The molecule has 0 aliphatic carbocycles. The molecule has 118 valence electrons. The molecule has 21 heavy (non-hydrogen) atoms. The Kier molecular flexibility index (Phi) is 6.02. The molecule has 0 heterocycles. The Morgan fingerprint density at radius 2 is 2.00 bits per heavy atom. The molecule has 0 aliphatic rings. The molecule has 10 heteroatoms. The number of alkyl halides is 2. The summed E-state index contributed by atoms with van der Waals surface area (Å²) < 4.78 is 49.8. The van der Waals surface area contributed by atoms with Crippen molar-refractivity contribution in [2.24, 2.45) is 0 Å². The van der Waals surface area contributed by atoms with Gasteiger partial charge in [0.2, 0.25) is 10.0 Å². The van der Waals surface area contributed by atoms with E-state index in [1.165, 1.54) is 0 Å². The second-order valence-corrected chi connectivity index (χ2v) is 6.24. The molecular weight excluding hydrogens is 332 g/mol. The van der Waals surface area contributed by atoms with Gasteiger partial charge in [-0.05, 0) is 18.2 Å². The summed E-state index contributed by atoms with van der Waals surface area (Å²) >= 11 is 5.72. The monoisotopic (exact) mass is 343 g/mol. The number of halogens is 3. The van der Waals surface area contributed by atoms with Gasteiger partial charge >= 0.3 is 5.97 Å². The van der Waals surface area contributed by atoms with Gasteiger partial charge < -0.3 is 10.2 Å². The molecule has 0 amide bonds. The molecule has 1 aromatic carbocycles. The summed E-state index contributed by atoms with van der Waals surface area (Å²) in [7, 11) is -4.45. The van der Waals surface area contributed by atoms with E-state index in [1.54, 1.807) is 0 Å². The van der Waals surface area contributed by atoms with Crippen molar-refractivity contribution in [1.29, 1.82) is 0 Å². The third kappa shape index (κ3) is 4.34. The van der Waals surface area contributed by atoms with Gasteiger partial charge in [-0.1, -0.05) is 11.6 Å². The number of rotatable bonds is 7. The average molecular weight is 344 g/mol. The summed E-state index contributed by atoms with van der Waals surface area (Å²) in [6.45, 7) is -2.35. The number of hydrogen-bond acceptors (Lipinski definition) is 4. The van der Waals surface area contributed by atoms with Gasteiger partial charge in [0.1, 0.15) is 4.90 Å². The van der Waals surface area contributed by atoms with Crippen molar-refractivity contribution >= 4 is 27.6 Å². The summed E-state index contributed by atoms with van der Waals surface area (Å²) in [6.07, 6.45) is -2.95. The van der Waals surface area contributed by atoms with E-state index in [0.29, 0.717) is 4.31 Å². The number of nitrogens with zero attached hydrogens (tertiary/aromatic N) is 1.